The molecule has 1 aromatic rings. The van der Waals surface area contributed by atoms with E-state index < -0.39 is 0 Å². The molecule has 1 aliphatic heterocycles. The molecule has 0 atom stereocenters. The van der Waals surface area contributed by atoms with E-state index >= 15 is 0 Å². The number of thiophene rings is 1. The first-order valence-corrected chi connectivity index (χ1v) is 4.66. The Labute approximate surface area is 71.1 Å². The van der Waals surface area contributed by atoms with E-state index in [1.54, 1.807) is 6.07 Å². The predicted molar refractivity (Wildman–Crippen MR) is 43.0 cm³/mol. The van der Waals surface area contributed by atoms with Crippen molar-refractivity contribution in [3.8, 4) is 0 Å². The third-order valence-corrected chi connectivity index (χ3v) is 3.31. The number of nitroso groups, excluding NO2 is 1. The van der Waals surface area contributed by atoms with Crippen LogP contribution >= 0.6 is 23.3 Å². The second kappa shape index (κ2) is 2.42. The van der Waals surface area contributed by atoms with Gasteiger partial charge in [-0.25, -0.2) is 0 Å². The van der Waals surface area contributed by atoms with Crippen LogP contribution < -0.4 is 0 Å². The second-order valence-electron chi connectivity index (χ2n) is 2.12. The van der Waals surface area contributed by atoms with Gasteiger partial charge in [0, 0.05) is 4.91 Å². The van der Waals surface area contributed by atoms with Crippen LogP contribution in [0.25, 0.3) is 0 Å². The van der Waals surface area contributed by atoms with Crippen LogP contribution in [0.3, 0.4) is 0 Å². The van der Waals surface area contributed by atoms with Crippen molar-refractivity contribution in [2.45, 2.75) is 4.90 Å². The van der Waals surface area contributed by atoms with Crippen molar-refractivity contribution in [3.05, 3.63) is 21.2 Å². The molecule has 2 heterocycles. The fraction of sp³-hybridized carbons (Fsp3) is 0.167. The molecule has 0 amide bonds. The number of hydrogen-bond acceptors (Lipinski definition) is 4. The number of fused-ring (bicyclic) bond motifs is 1. The quantitative estimate of drug-likeness (QED) is 0.457. The van der Waals surface area contributed by atoms with Gasteiger partial charge in [-0.05, 0) is 11.4 Å². The maximum Gasteiger partial charge on any atom is 0.271 e. The Morgan fingerprint density at radius 2 is 2.36 bits per heavy atom. The van der Waals surface area contributed by atoms with Gasteiger partial charge in [-0.15, -0.1) is 11.3 Å². The molecule has 5 heteroatoms. The molecule has 0 spiro atoms. The molecular weight excluding hydrogens is 182 g/mol. The Kier molecular flexibility index (Phi) is 1.54. The summed E-state index contributed by atoms with van der Waals surface area (Å²) in [5.41, 5.74) is 0. The van der Waals surface area contributed by atoms with Crippen molar-refractivity contribution >= 4 is 29.1 Å². The minimum atomic E-state index is -0.0660. The maximum atomic E-state index is 11.1. The fourth-order valence-electron chi connectivity index (χ4n) is 0.904. The van der Waals surface area contributed by atoms with E-state index in [1.165, 1.54) is 11.3 Å². The van der Waals surface area contributed by atoms with E-state index in [2.05, 4.69) is 0 Å². The molecule has 0 aliphatic carbocycles. The number of rotatable bonds is 0. The summed E-state index contributed by atoms with van der Waals surface area (Å²) in [6.07, 6.45) is 0. The molecule has 0 radical (unpaired) electrons. The van der Waals surface area contributed by atoms with Crippen LogP contribution in [0, 0.1) is 4.91 Å². The summed E-state index contributed by atoms with van der Waals surface area (Å²) in [5.74, 6) is -0.0660. The molecule has 0 N–H and O–H groups in total. The first kappa shape index (κ1) is 7.00. The van der Waals surface area contributed by atoms with Crippen LogP contribution in [-0.2, 0) is 0 Å². The van der Waals surface area contributed by atoms with Gasteiger partial charge in [-0.1, -0.05) is 0 Å². The zero-order chi connectivity index (χ0) is 7.84. The van der Waals surface area contributed by atoms with Crippen molar-refractivity contribution in [2.24, 2.45) is 0 Å². The summed E-state index contributed by atoms with van der Waals surface area (Å²) in [6, 6.07) is 1.80. The molecule has 2 rings (SSSR count). The summed E-state index contributed by atoms with van der Waals surface area (Å²) in [7, 11) is 0. The lowest BCUT2D eigenvalue weighted by Gasteiger charge is -1.98. The lowest BCUT2D eigenvalue weighted by molar-refractivity contribution is -0.356. The zero-order valence-corrected chi connectivity index (χ0v) is 7.08. The standard InChI is InChI=1S/C6H4NO2S2/c8-4-3-7(9)11-5-1-2-10-6(4)5/h1-2H,3H2/q+1. The van der Waals surface area contributed by atoms with Gasteiger partial charge in [0.2, 0.25) is 5.78 Å². The number of ketones is 1. The Balaban J connectivity index is 2.52. The third kappa shape index (κ3) is 1.10. The van der Waals surface area contributed by atoms with E-state index in [0.717, 1.165) is 21.7 Å². The van der Waals surface area contributed by atoms with Crippen molar-refractivity contribution in [3.63, 3.8) is 0 Å². The van der Waals surface area contributed by atoms with Crippen molar-refractivity contribution in [1.82, 2.24) is 0 Å². The number of nitrogens with zero attached hydrogens (tertiary/aromatic N) is 1. The average Bonchev–Trinajstić information content (AvgIpc) is 2.34. The largest absolute Gasteiger partial charge is 0.286 e. The van der Waals surface area contributed by atoms with E-state index in [-0.39, 0.29) is 12.3 Å². The number of hydrogen-bond donors (Lipinski definition) is 0. The molecule has 1 aliphatic rings. The minimum Gasteiger partial charge on any atom is -0.286 e. The summed E-state index contributed by atoms with van der Waals surface area (Å²) in [6.45, 7) is -0.0157. The lowest BCUT2D eigenvalue weighted by atomic mass is 10.3. The molecule has 56 valence electrons. The molecule has 0 bridgehead atoms. The highest BCUT2D eigenvalue weighted by molar-refractivity contribution is 7.93. The summed E-state index contributed by atoms with van der Waals surface area (Å²) in [4.78, 5) is 23.4. The normalized spacial score (nSPS) is 16.7. The van der Waals surface area contributed by atoms with Gasteiger partial charge >= 0.3 is 0 Å². The van der Waals surface area contributed by atoms with Gasteiger partial charge in [-0.3, -0.25) is 4.79 Å². The Morgan fingerprint density at radius 1 is 1.55 bits per heavy atom. The topological polar surface area (TPSA) is 37.1 Å². The van der Waals surface area contributed by atoms with Gasteiger partial charge < -0.3 is 0 Å². The van der Waals surface area contributed by atoms with Crippen molar-refractivity contribution < 1.29 is 8.96 Å². The molecule has 3 nitrogen and oxygen atoms in total. The highest BCUT2D eigenvalue weighted by Crippen LogP contribution is 2.31. The molecule has 11 heavy (non-hydrogen) atoms. The van der Waals surface area contributed by atoms with E-state index in [4.69, 9.17) is 0 Å². The highest BCUT2D eigenvalue weighted by atomic mass is 32.2. The minimum absolute atomic E-state index is 0.0157. The van der Waals surface area contributed by atoms with Gasteiger partial charge in [0.15, 0.2) is 0 Å². The van der Waals surface area contributed by atoms with E-state index in [0.29, 0.717) is 4.17 Å². The first-order valence-electron chi connectivity index (χ1n) is 3.01. The van der Waals surface area contributed by atoms with E-state index in [9.17, 15) is 9.70 Å². The number of Topliss-reactive ketones (excluding diaryl/α,β-unsaturated/α-hetero) is 1. The molecule has 0 unspecified atom stereocenters. The molecule has 0 aromatic carbocycles. The monoisotopic (exact) mass is 186 g/mol. The summed E-state index contributed by atoms with van der Waals surface area (Å²) < 4.78 is 0.706. The van der Waals surface area contributed by atoms with Crippen LogP contribution in [0.1, 0.15) is 9.67 Å². The average molecular weight is 186 g/mol. The van der Waals surface area contributed by atoms with Crippen LogP contribution in [0.15, 0.2) is 16.3 Å². The summed E-state index contributed by atoms with van der Waals surface area (Å²) in [5, 5.41) is 1.83. The summed E-state index contributed by atoms with van der Waals surface area (Å²) >= 11 is 2.49. The Morgan fingerprint density at radius 3 is 3.18 bits per heavy atom. The fourth-order valence-corrected chi connectivity index (χ4v) is 2.69. The molecule has 0 saturated heterocycles. The third-order valence-electron chi connectivity index (χ3n) is 1.36. The van der Waals surface area contributed by atoms with E-state index in [1.807, 2.05) is 5.38 Å². The van der Waals surface area contributed by atoms with Crippen LogP contribution in [0.4, 0.5) is 0 Å². The highest BCUT2D eigenvalue weighted by Gasteiger charge is 2.31. The van der Waals surface area contributed by atoms with Gasteiger partial charge in [0.05, 0.1) is 9.04 Å². The zero-order valence-electron chi connectivity index (χ0n) is 5.44. The van der Waals surface area contributed by atoms with Crippen molar-refractivity contribution in [1.29, 1.82) is 0 Å². The lowest BCUT2D eigenvalue weighted by Crippen LogP contribution is -2.17. The van der Waals surface area contributed by atoms with Crippen molar-refractivity contribution in [2.75, 3.05) is 6.54 Å². The molecular formula is C6H4NO2S2+. The van der Waals surface area contributed by atoms with Crippen LogP contribution in [-0.4, -0.2) is 16.5 Å². The molecule has 0 fully saturated rings. The Hall–Kier alpha value is -0.680. The maximum absolute atomic E-state index is 11.1. The molecule has 1 aromatic heterocycles. The second-order valence-corrected chi connectivity index (χ2v) is 4.07. The van der Waals surface area contributed by atoms with Crippen LogP contribution in [0.5, 0.6) is 0 Å². The number of carbonyl (C=O) groups excluding carboxylic acids is 1. The van der Waals surface area contributed by atoms with Gasteiger partial charge in [-0.2, -0.15) is 0 Å². The van der Waals surface area contributed by atoms with Gasteiger partial charge in [0.1, 0.15) is 4.90 Å². The first-order chi connectivity index (χ1) is 5.27. The number of carbonyl (C=O) groups is 1. The SMILES string of the molecule is O=C1C[N+](=O)Sc2ccsc21. The molecule has 0 saturated carbocycles. The predicted octanol–water partition coefficient (Wildman–Crippen LogP) is 1.73. The van der Waals surface area contributed by atoms with Gasteiger partial charge in [0.25, 0.3) is 18.5 Å². The Bertz CT molecular complexity index is 331. The van der Waals surface area contributed by atoms with Crippen LogP contribution in [0.2, 0.25) is 0 Å². The smallest absolute Gasteiger partial charge is 0.271 e.